The summed E-state index contributed by atoms with van der Waals surface area (Å²) in [6, 6.07) is 1.49. The van der Waals surface area contributed by atoms with Crippen LogP contribution >= 0.6 is 15.9 Å². The van der Waals surface area contributed by atoms with Crippen LogP contribution in [0.25, 0.3) is 0 Å². The van der Waals surface area contributed by atoms with E-state index in [0.717, 1.165) is 0 Å². The van der Waals surface area contributed by atoms with Crippen molar-refractivity contribution in [1.29, 1.82) is 0 Å². The third-order valence-electron chi connectivity index (χ3n) is 2.03. The molecule has 1 aromatic rings. The first kappa shape index (κ1) is 12.6. The Morgan fingerprint density at radius 2 is 1.75 bits per heavy atom. The molecule has 0 radical (unpaired) electrons. The summed E-state index contributed by atoms with van der Waals surface area (Å²) in [7, 11) is 4.42. The highest BCUT2D eigenvalue weighted by Crippen LogP contribution is 2.44. The molecule has 1 rings (SSSR count). The first-order valence-electron chi connectivity index (χ1n) is 4.35. The molecule has 0 spiro atoms. The summed E-state index contributed by atoms with van der Waals surface area (Å²) in [6.07, 6.45) is 0. The minimum absolute atomic E-state index is 0.273. The fourth-order valence-electron chi connectivity index (χ4n) is 1.30. The Kier molecular flexibility index (Phi) is 4.00. The molecule has 0 unspecified atom stereocenters. The number of primary amides is 1. The molecule has 0 aliphatic heterocycles. The Morgan fingerprint density at radius 1 is 1.19 bits per heavy atom. The van der Waals surface area contributed by atoms with Crippen LogP contribution in [0.1, 0.15) is 10.4 Å². The first-order chi connectivity index (χ1) is 7.56. The van der Waals surface area contributed by atoms with Gasteiger partial charge < -0.3 is 19.9 Å². The molecule has 0 atom stereocenters. The predicted octanol–water partition coefficient (Wildman–Crippen LogP) is 1.57. The minimum Gasteiger partial charge on any atom is -0.493 e. The Bertz CT molecular complexity index is 420. The highest BCUT2D eigenvalue weighted by atomic mass is 79.9. The van der Waals surface area contributed by atoms with Crippen LogP contribution in [0.2, 0.25) is 0 Å². The standard InChI is InChI=1S/C10H12BrNO4/c1-14-6-4-5(10(12)13)7(11)9(16-3)8(6)15-2/h4H,1-3H3,(H2,12,13). The molecule has 88 valence electrons. The van der Waals surface area contributed by atoms with Gasteiger partial charge in [-0.05, 0) is 22.0 Å². The Balaban J connectivity index is 3.54. The van der Waals surface area contributed by atoms with Crippen LogP contribution in [0.4, 0.5) is 0 Å². The van der Waals surface area contributed by atoms with Crippen molar-refractivity contribution < 1.29 is 19.0 Å². The van der Waals surface area contributed by atoms with Crippen LogP contribution in [0.15, 0.2) is 10.5 Å². The maximum Gasteiger partial charge on any atom is 0.250 e. The minimum atomic E-state index is -0.578. The smallest absolute Gasteiger partial charge is 0.250 e. The molecule has 0 aromatic heterocycles. The lowest BCUT2D eigenvalue weighted by molar-refractivity contribution is 0.0998. The number of hydrogen-bond acceptors (Lipinski definition) is 4. The van der Waals surface area contributed by atoms with Crippen molar-refractivity contribution >= 4 is 21.8 Å². The molecule has 0 saturated carbocycles. The van der Waals surface area contributed by atoms with Crippen molar-refractivity contribution in [2.75, 3.05) is 21.3 Å². The van der Waals surface area contributed by atoms with Gasteiger partial charge in [-0.1, -0.05) is 0 Å². The molecule has 5 nitrogen and oxygen atoms in total. The molecular weight excluding hydrogens is 278 g/mol. The van der Waals surface area contributed by atoms with Crippen LogP contribution < -0.4 is 19.9 Å². The average Bonchev–Trinajstić information content (AvgIpc) is 2.27. The van der Waals surface area contributed by atoms with Gasteiger partial charge in [0.05, 0.1) is 31.4 Å². The maximum atomic E-state index is 11.2. The number of methoxy groups -OCH3 is 3. The van der Waals surface area contributed by atoms with Gasteiger partial charge >= 0.3 is 0 Å². The van der Waals surface area contributed by atoms with Crippen LogP contribution in [0, 0.1) is 0 Å². The maximum absolute atomic E-state index is 11.2. The van der Waals surface area contributed by atoms with Crippen LogP contribution in [-0.2, 0) is 0 Å². The van der Waals surface area contributed by atoms with Gasteiger partial charge in [0.25, 0.3) is 0 Å². The van der Waals surface area contributed by atoms with E-state index in [0.29, 0.717) is 21.7 Å². The second kappa shape index (κ2) is 5.07. The van der Waals surface area contributed by atoms with Crippen molar-refractivity contribution in [2.24, 2.45) is 5.73 Å². The van der Waals surface area contributed by atoms with Gasteiger partial charge in [-0.2, -0.15) is 0 Å². The predicted molar refractivity (Wildman–Crippen MR) is 62.3 cm³/mol. The number of carbonyl (C=O) groups is 1. The summed E-state index contributed by atoms with van der Waals surface area (Å²) < 4.78 is 15.8. The van der Waals surface area contributed by atoms with E-state index >= 15 is 0 Å². The van der Waals surface area contributed by atoms with Gasteiger partial charge in [-0.15, -0.1) is 0 Å². The van der Waals surface area contributed by atoms with Crippen molar-refractivity contribution in [1.82, 2.24) is 0 Å². The van der Waals surface area contributed by atoms with Gasteiger partial charge in [0, 0.05) is 0 Å². The number of amides is 1. The van der Waals surface area contributed by atoms with E-state index in [1.54, 1.807) is 0 Å². The molecule has 2 N–H and O–H groups in total. The van der Waals surface area contributed by atoms with Gasteiger partial charge in [-0.25, -0.2) is 0 Å². The molecule has 1 amide bonds. The van der Waals surface area contributed by atoms with Gasteiger partial charge in [-0.3, -0.25) is 4.79 Å². The fraction of sp³-hybridized carbons (Fsp3) is 0.300. The molecule has 1 aromatic carbocycles. The molecule has 16 heavy (non-hydrogen) atoms. The summed E-state index contributed by atoms with van der Waals surface area (Å²) in [5, 5.41) is 0. The second-order valence-electron chi connectivity index (χ2n) is 2.87. The Hall–Kier alpha value is -1.43. The van der Waals surface area contributed by atoms with Crippen molar-refractivity contribution in [3.05, 3.63) is 16.1 Å². The van der Waals surface area contributed by atoms with E-state index in [2.05, 4.69) is 15.9 Å². The van der Waals surface area contributed by atoms with Gasteiger partial charge in [0.2, 0.25) is 11.7 Å². The highest BCUT2D eigenvalue weighted by molar-refractivity contribution is 9.10. The first-order valence-corrected chi connectivity index (χ1v) is 5.14. The average molecular weight is 290 g/mol. The third-order valence-corrected chi connectivity index (χ3v) is 2.82. The Labute approximate surface area is 102 Å². The lowest BCUT2D eigenvalue weighted by Gasteiger charge is -2.15. The monoisotopic (exact) mass is 289 g/mol. The molecule has 0 aliphatic carbocycles. The topological polar surface area (TPSA) is 70.8 Å². The van der Waals surface area contributed by atoms with E-state index in [9.17, 15) is 4.79 Å². The van der Waals surface area contributed by atoms with E-state index in [-0.39, 0.29) is 5.56 Å². The number of ether oxygens (including phenoxy) is 3. The molecule has 0 heterocycles. The summed E-state index contributed by atoms with van der Waals surface area (Å²) in [5.74, 6) is 0.583. The van der Waals surface area contributed by atoms with E-state index in [4.69, 9.17) is 19.9 Å². The lowest BCUT2D eigenvalue weighted by Crippen LogP contribution is -2.13. The van der Waals surface area contributed by atoms with Crippen molar-refractivity contribution in [3.8, 4) is 17.2 Å². The number of halogens is 1. The zero-order valence-electron chi connectivity index (χ0n) is 9.17. The molecular formula is C10H12BrNO4. The quantitative estimate of drug-likeness (QED) is 0.913. The van der Waals surface area contributed by atoms with Crippen LogP contribution in [0.3, 0.4) is 0 Å². The largest absolute Gasteiger partial charge is 0.493 e. The van der Waals surface area contributed by atoms with E-state index in [1.165, 1.54) is 27.4 Å². The van der Waals surface area contributed by atoms with Gasteiger partial charge in [0.1, 0.15) is 0 Å². The summed E-state index contributed by atoms with van der Waals surface area (Å²) >= 11 is 3.24. The normalized spacial score (nSPS) is 9.75. The SMILES string of the molecule is COc1cc(C(N)=O)c(Br)c(OC)c1OC. The van der Waals surface area contributed by atoms with Crippen molar-refractivity contribution in [3.63, 3.8) is 0 Å². The van der Waals surface area contributed by atoms with Gasteiger partial charge in [0.15, 0.2) is 11.5 Å². The fourth-order valence-corrected chi connectivity index (χ4v) is 1.95. The second-order valence-corrected chi connectivity index (χ2v) is 3.66. The van der Waals surface area contributed by atoms with E-state index < -0.39 is 5.91 Å². The zero-order chi connectivity index (χ0) is 12.3. The zero-order valence-corrected chi connectivity index (χ0v) is 10.8. The Morgan fingerprint density at radius 3 is 2.12 bits per heavy atom. The molecule has 0 fully saturated rings. The van der Waals surface area contributed by atoms with Crippen molar-refractivity contribution in [2.45, 2.75) is 0 Å². The highest BCUT2D eigenvalue weighted by Gasteiger charge is 2.21. The summed E-state index contributed by atoms with van der Waals surface area (Å²) in [4.78, 5) is 11.2. The molecule has 0 bridgehead atoms. The summed E-state index contributed by atoms with van der Waals surface area (Å²) in [5.41, 5.74) is 5.51. The number of carbonyl (C=O) groups excluding carboxylic acids is 1. The number of rotatable bonds is 4. The number of hydrogen-bond donors (Lipinski definition) is 1. The molecule has 0 aliphatic rings. The lowest BCUT2D eigenvalue weighted by atomic mass is 10.1. The van der Waals surface area contributed by atoms with Crippen LogP contribution in [-0.4, -0.2) is 27.2 Å². The van der Waals surface area contributed by atoms with E-state index in [1.807, 2.05) is 0 Å². The number of nitrogens with two attached hydrogens (primary N) is 1. The number of benzene rings is 1. The van der Waals surface area contributed by atoms with Crippen LogP contribution in [0.5, 0.6) is 17.2 Å². The molecule has 0 saturated heterocycles. The summed E-state index contributed by atoms with van der Waals surface area (Å²) in [6.45, 7) is 0. The molecule has 6 heteroatoms. The third kappa shape index (κ3) is 2.06.